The maximum absolute atomic E-state index is 14.0. The van der Waals surface area contributed by atoms with Gasteiger partial charge in [0.15, 0.2) is 0 Å². The lowest BCUT2D eigenvalue weighted by molar-refractivity contribution is -0.146. The molecule has 3 rings (SSSR count). The number of likely N-dealkylation sites (N-methyl/N-ethyl adjacent to an activating group) is 2. The van der Waals surface area contributed by atoms with Gasteiger partial charge in [-0.3, -0.25) is 33.7 Å². The lowest BCUT2D eigenvalue weighted by atomic mass is 9.90. The van der Waals surface area contributed by atoms with Gasteiger partial charge in [-0.05, 0) is 57.4 Å². The fourth-order valence-electron chi connectivity index (χ4n) is 10.3. The molecule has 68 heavy (non-hydrogen) atoms. The maximum Gasteiger partial charge on any atom is 0.242 e. The molecule has 1 aliphatic carbocycles. The van der Waals surface area contributed by atoms with Crippen LogP contribution in [0.15, 0.2) is 0 Å². The van der Waals surface area contributed by atoms with Gasteiger partial charge in [-0.15, -0.1) is 0 Å². The summed E-state index contributed by atoms with van der Waals surface area (Å²) >= 11 is 0. The first-order valence-corrected chi connectivity index (χ1v) is 25.6. The van der Waals surface area contributed by atoms with Crippen molar-refractivity contribution in [2.75, 3.05) is 94.0 Å². The number of aldehydes is 1. The first-order valence-electron chi connectivity index (χ1n) is 25.6. The van der Waals surface area contributed by atoms with Crippen molar-refractivity contribution in [3.63, 3.8) is 0 Å². The number of carbonyl (C=O) groups excluding carboxylic acids is 7. The first-order chi connectivity index (χ1) is 32.6. The number of carbonyl (C=O) groups is 7. The molecule has 1 saturated carbocycles. The van der Waals surface area contributed by atoms with Crippen LogP contribution in [0.5, 0.6) is 0 Å². The van der Waals surface area contributed by atoms with Crippen LogP contribution in [-0.2, 0) is 52.5 Å². The summed E-state index contributed by atoms with van der Waals surface area (Å²) in [6, 6.07) is -1.06. The normalized spacial score (nSPS) is 20.1. The Hall–Kier alpha value is -3.71. The lowest BCUT2D eigenvalue weighted by Gasteiger charge is -2.39. The van der Waals surface area contributed by atoms with Crippen LogP contribution >= 0.6 is 0 Å². The quantitative estimate of drug-likeness (QED) is 0.0731. The number of nitrogens with one attached hydrogen (secondary N) is 3. The fourth-order valence-corrected chi connectivity index (χ4v) is 10.3. The van der Waals surface area contributed by atoms with E-state index in [2.05, 4.69) is 16.0 Å². The molecule has 2 aliphatic heterocycles. The van der Waals surface area contributed by atoms with Crippen molar-refractivity contribution in [1.29, 1.82) is 0 Å². The van der Waals surface area contributed by atoms with Gasteiger partial charge in [0.25, 0.3) is 0 Å². The Balaban J connectivity index is 1.40. The van der Waals surface area contributed by atoms with E-state index < -0.39 is 30.2 Å². The van der Waals surface area contributed by atoms with Crippen molar-refractivity contribution < 1.29 is 52.5 Å². The predicted octanol–water partition coefficient (Wildman–Crippen LogP) is 3.19. The van der Waals surface area contributed by atoms with Crippen molar-refractivity contribution in [1.82, 2.24) is 35.6 Å². The van der Waals surface area contributed by atoms with Crippen molar-refractivity contribution in [3.05, 3.63) is 0 Å². The second-order valence-electron chi connectivity index (χ2n) is 19.6. The minimum absolute atomic E-state index is 0.00472. The molecular weight excluding hydrogens is 875 g/mol. The standard InChI is InChI=1S/C50H89N7O11/c1-10-36(4)46(41(65-8)33-43(60)57-24-16-19-40(57)47(66-9)37(5)48(62)51-23-28-58)55(7)44(61)34-52-50(64)45(35(2)3)54(6)27-30-68-32-31-67-29-22-42(59)56-25-20-38(21-26-56)49(63)53-39-17-14-12-11-13-15-18-39/h28,35-41,45-47H,10-27,29-34H2,1-9H3,(H,51,62)(H,52,64)(H,53,63). The zero-order chi connectivity index (χ0) is 50.2. The third kappa shape index (κ3) is 18.6. The lowest BCUT2D eigenvalue weighted by Crippen LogP contribution is -2.55. The van der Waals surface area contributed by atoms with Crippen LogP contribution in [0, 0.1) is 23.7 Å². The van der Waals surface area contributed by atoms with Gasteiger partial charge in [0, 0.05) is 59.4 Å². The molecule has 0 radical (unpaired) electrons. The highest BCUT2D eigenvalue weighted by molar-refractivity contribution is 5.88. The molecule has 18 heteroatoms. The van der Waals surface area contributed by atoms with E-state index in [0.717, 1.165) is 19.3 Å². The van der Waals surface area contributed by atoms with E-state index in [-0.39, 0.29) is 97.8 Å². The summed E-state index contributed by atoms with van der Waals surface area (Å²) < 4.78 is 23.2. The highest BCUT2D eigenvalue weighted by atomic mass is 16.5. The summed E-state index contributed by atoms with van der Waals surface area (Å²) in [5.41, 5.74) is 0. The minimum Gasteiger partial charge on any atom is -0.379 e. The molecule has 3 fully saturated rings. The van der Waals surface area contributed by atoms with Crippen molar-refractivity contribution >= 4 is 41.7 Å². The Morgan fingerprint density at radius 1 is 0.750 bits per heavy atom. The third-order valence-corrected chi connectivity index (χ3v) is 14.5. The molecule has 0 aromatic rings. The predicted molar refractivity (Wildman–Crippen MR) is 259 cm³/mol. The average molecular weight is 964 g/mol. The number of amides is 6. The number of methoxy groups -OCH3 is 2. The van der Waals surface area contributed by atoms with Gasteiger partial charge in [-0.2, -0.15) is 0 Å². The van der Waals surface area contributed by atoms with Gasteiger partial charge in [0.05, 0.1) is 88.6 Å². The molecule has 0 spiro atoms. The molecule has 0 bridgehead atoms. The Morgan fingerprint density at radius 2 is 1.40 bits per heavy atom. The largest absolute Gasteiger partial charge is 0.379 e. The average Bonchev–Trinajstić information content (AvgIpc) is 3.81. The molecule has 18 nitrogen and oxygen atoms in total. The Labute approximate surface area is 407 Å². The monoisotopic (exact) mass is 964 g/mol. The van der Waals surface area contributed by atoms with E-state index in [4.69, 9.17) is 18.9 Å². The summed E-state index contributed by atoms with van der Waals surface area (Å²) in [7, 11) is 6.57. The molecule has 2 saturated heterocycles. The van der Waals surface area contributed by atoms with Crippen LogP contribution in [0.1, 0.15) is 125 Å². The van der Waals surface area contributed by atoms with Gasteiger partial charge < -0.3 is 54.4 Å². The zero-order valence-electron chi connectivity index (χ0n) is 43.1. The summed E-state index contributed by atoms with van der Waals surface area (Å²) in [5, 5.41) is 8.74. The number of rotatable bonds is 29. The van der Waals surface area contributed by atoms with Gasteiger partial charge in [0.2, 0.25) is 35.4 Å². The zero-order valence-corrected chi connectivity index (χ0v) is 43.1. The van der Waals surface area contributed by atoms with Crippen LogP contribution in [-0.4, -0.2) is 192 Å². The number of ether oxygens (including phenoxy) is 4. The molecule has 390 valence electrons. The molecule has 2 heterocycles. The molecule has 7 unspecified atom stereocenters. The number of piperidine rings is 1. The van der Waals surface area contributed by atoms with Crippen LogP contribution in [0.25, 0.3) is 0 Å². The molecule has 7 atom stereocenters. The fraction of sp³-hybridized carbons (Fsp3) is 0.860. The van der Waals surface area contributed by atoms with Crippen LogP contribution < -0.4 is 16.0 Å². The summed E-state index contributed by atoms with van der Waals surface area (Å²) in [4.78, 5) is 97.8. The number of nitrogens with zero attached hydrogens (tertiary/aromatic N) is 4. The summed E-state index contributed by atoms with van der Waals surface area (Å²) in [6.45, 7) is 12.8. The van der Waals surface area contributed by atoms with Crippen molar-refractivity contribution in [2.24, 2.45) is 23.7 Å². The van der Waals surface area contributed by atoms with Crippen molar-refractivity contribution in [3.8, 4) is 0 Å². The van der Waals surface area contributed by atoms with E-state index in [9.17, 15) is 33.6 Å². The molecule has 3 N–H and O–H groups in total. The molecule has 0 aromatic heterocycles. The van der Waals surface area contributed by atoms with Crippen LogP contribution in [0.3, 0.4) is 0 Å². The molecule has 0 aromatic carbocycles. The molecule has 6 amide bonds. The number of hydrogen-bond acceptors (Lipinski definition) is 12. The van der Waals surface area contributed by atoms with E-state index >= 15 is 0 Å². The van der Waals surface area contributed by atoms with Crippen LogP contribution in [0.2, 0.25) is 0 Å². The second kappa shape index (κ2) is 31.5. The second-order valence-corrected chi connectivity index (χ2v) is 19.6. The van der Waals surface area contributed by atoms with Gasteiger partial charge >= 0.3 is 0 Å². The first kappa shape index (κ1) is 58.6. The summed E-state index contributed by atoms with van der Waals surface area (Å²) in [6.07, 6.45) is 11.5. The highest BCUT2D eigenvalue weighted by Gasteiger charge is 2.42. The van der Waals surface area contributed by atoms with E-state index in [0.29, 0.717) is 78.0 Å². The Bertz CT molecular complexity index is 1550. The third-order valence-electron chi connectivity index (χ3n) is 14.5. The van der Waals surface area contributed by atoms with Gasteiger partial charge in [-0.1, -0.05) is 73.1 Å². The van der Waals surface area contributed by atoms with Gasteiger partial charge in [-0.25, -0.2) is 0 Å². The molecular formula is C50H89N7O11. The van der Waals surface area contributed by atoms with E-state index in [1.54, 1.807) is 23.8 Å². The SMILES string of the molecule is CCC(C)C(C(CC(=O)N1CCCC1C(OC)C(C)C(=O)NCC=O)OC)N(C)C(=O)CNC(=O)C(C(C)C)N(C)CCOCCOCCC(=O)N1CCC(C(=O)NC2CCCCCCC2)CC1. The highest BCUT2D eigenvalue weighted by Crippen LogP contribution is 2.29. The number of likely N-dealkylation sites (tertiary alicyclic amines) is 2. The topological polar surface area (TPSA) is 205 Å². The molecule has 3 aliphatic rings. The maximum atomic E-state index is 14.0. The van der Waals surface area contributed by atoms with Crippen molar-refractivity contribution in [2.45, 2.75) is 161 Å². The van der Waals surface area contributed by atoms with Crippen LogP contribution in [0.4, 0.5) is 0 Å². The van der Waals surface area contributed by atoms with Gasteiger partial charge in [0.1, 0.15) is 6.29 Å². The minimum atomic E-state index is -0.644. The Kier molecular flexibility index (Phi) is 27.1. The van der Waals surface area contributed by atoms with E-state index in [1.807, 2.05) is 44.5 Å². The summed E-state index contributed by atoms with van der Waals surface area (Å²) in [5.74, 6) is -1.64. The Morgan fingerprint density at radius 3 is 2.00 bits per heavy atom. The smallest absolute Gasteiger partial charge is 0.242 e. The van der Waals surface area contributed by atoms with E-state index in [1.165, 1.54) is 46.3 Å². The number of hydrogen-bond donors (Lipinski definition) is 3.